The van der Waals surface area contributed by atoms with Crippen LogP contribution in [0, 0.1) is 0 Å². The fraction of sp³-hybridized carbons (Fsp3) is 0.143. The van der Waals surface area contributed by atoms with Crippen molar-refractivity contribution in [3.63, 3.8) is 0 Å². The van der Waals surface area contributed by atoms with Crippen LogP contribution < -0.4 is 20.3 Å². The van der Waals surface area contributed by atoms with Gasteiger partial charge in [0.15, 0.2) is 17.3 Å². The average Bonchev–Trinajstić information content (AvgIpc) is 3.23. The molecule has 0 unspecified atom stereocenters. The molecule has 4 aromatic rings. The van der Waals surface area contributed by atoms with Crippen molar-refractivity contribution < 1.29 is 14.3 Å². The van der Waals surface area contributed by atoms with Crippen LogP contribution in [0.4, 0.5) is 5.69 Å². The number of benzene rings is 2. The van der Waals surface area contributed by atoms with Crippen molar-refractivity contribution in [3.05, 3.63) is 70.8 Å². The number of carbonyl (C=O) groups is 1. The van der Waals surface area contributed by atoms with Crippen molar-refractivity contribution in [2.24, 2.45) is 0 Å². The molecule has 0 aliphatic heterocycles. The maximum absolute atomic E-state index is 12.6. The molecule has 0 aliphatic rings. The van der Waals surface area contributed by atoms with E-state index in [2.05, 4.69) is 20.6 Å². The number of rotatable bonds is 6. The summed E-state index contributed by atoms with van der Waals surface area (Å²) in [7, 11) is 3.06. The summed E-state index contributed by atoms with van der Waals surface area (Å²) in [5.41, 5.74) is 1.97. The molecule has 1 amide bonds. The molecule has 152 valence electrons. The van der Waals surface area contributed by atoms with E-state index in [1.54, 1.807) is 24.3 Å². The smallest absolute Gasteiger partial charge is 0.290 e. The van der Waals surface area contributed by atoms with Gasteiger partial charge in [-0.2, -0.15) is 10.2 Å². The van der Waals surface area contributed by atoms with Crippen LogP contribution >= 0.6 is 0 Å². The maximum Gasteiger partial charge on any atom is 0.290 e. The van der Waals surface area contributed by atoms with E-state index in [1.807, 2.05) is 30.3 Å². The molecule has 2 heterocycles. The molecule has 2 aromatic carbocycles. The quantitative estimate of drug-likeness (QED) is 0.509. The average molecular weight is 405 g/mol. The zero-order chi connectivity index (χ0) is 21.1. The first kappa shape index (κ1) is 19.2. The number of nitrogens with one attached hydrogen (secondary N) is 2. The minimum Gasteiger partial charge on any atom is -0.493 e. The lowest BCUT2D eigenvalue weighted by atomic mass is 10.1. The van der Waals surface area contributed by atoms with E-state index >= 15 is 0 Å². The Kier molecular flexibility index (Phi) is 5.17. The molecule has 0 fully saturated rings. The molecular formula is C21H19N5O4. The van der Waals surface area contributed by atoms with Gasteiger partial charge >= 0.3 is 0 Å². The van der Waals surface area contributed by atoms with E-state index in [0.717, 1.165) is 5.56 Å². The Balaban J connectivity index is 1.61. The highest BCUT2D eigenvalue weighted by atomic mass is 16.5. The molecule has 4 rings (SSSR count). The van der Waals surface area contributed by atoms with Crippen molar-refractivity contribution in [3.8, 4) is 22.8 Å². The molecule has 2 N–H and O–H groups in total. The highest BCUT2D eigenvalue weighted by Gasteiger charge is 2.15. The molecule has 9 nitrogen and oxygen atoms in total. The minimum absolute atomic E-state index is 0.0858. The zero-order valence-corrected chi connectivity index (χ0v) is 16.4. The van der Waals surface area contributed by atoms with Crippen LogP contribution in [-0.4, -0.2) is 39.9 Å². The summed E-state index contributed by atoms with van der Waals surface area (Å²) in [4.78, 5) is 24.8. The van der Waals surface area contributed by atoms with E-state index in [9.17, 15) is 9.59 Å². The lowest BCUT2D eigenvalue weighted by Crippen LogP contribution is -2.22. The Hall–Kier alpha value is -4.14. The highest BCUT2D eigenvalue weighted by molar-refractivity contribution is 5.92. The van der Waals surface area contributed by atoms with Gasteiger partial charge in [-0.3, -0.25) is 9.59 Å². The molecule has 2 aromatic heterocycles. The van der Waals surface area contributed by atoms with Crippen molar-refractivity contribution in [2.45, 2.75) is 6.42 Å². The van der Waals surface area contributed by atoms with E-state index in [0.29, 0.717) is 34.2 Å². The monoisotopic (exact) mass is 405 g/mol. The Bertz CT molecular complexity index is 1260. The standard InChI is InChI=1S/C21H19N5O4/c1-29-17-9-8-14(10-18(17)30-2)22-20(27)12-19-23-24-21(28)16-11-15(25-26(16)19)13-6-4-3-5-7-13/h3-11H,12H2,1-2H3,(H,22,27)(H,24,28). The summed E-state index contributed by atoms with van der Waals surface area (Å²) in [5.74, 6) is 1.05. The van der Waals surface area contributed by atoms with Gasteiger partial charge in [0.25, 0.3) is 5.56 Å². The van der Waals surface area contributed by atoms with E-state index in [4.69, 9.17) is 9.47 Å². The van der Waals surface area contributed by atoms with Gasteiger partial charge in [0.1, 0.15) is 5.52 Å². The van der Waals surface area contributed by atoms with Crippen molar-refractivity contribution in [2.75, 3.05) is 19.5 Å². The Morgan fingerprint density at radius 1 is 1.07 bits per heavy atom. The number of amides is 1. The van der Waals surface area contributed by atoms with E-state index in [-0.39, 0.29) is 17.9 Å². The zero-order valence-electron chi connectivity index (χ0n) is 16.4. The second-order valence-corrected chi connectivity index (χ2v) is 6.46. The summed E-state index contributed by atoms with van der Waals surface area (Å²) < 4.78 is 11.8. The first-order chi connectivity index (χ1) is 14.6. The number of ether oxygens (including phenoxy) is 2. The number of nitrogens with zero attached hydrogens (tertiary/aromatic N) is 3. The van der Waals surface area contributed by atoms with Crippen molar-refractivity contribution in [1.82, 2.24) is 19.8 Å². The highest BCUT2D eigenvalue weighted by Crippen LogP contribution is 2.29. The number of aromatic nitrogens is 4. The van der Waals surface area contributed by atoms with Crippen LogP contribution in [0.25, 0.3) is 16.8 Å². The van der Waals surface area contributed by atoms with Crippen molar-refractivity contribution >= 4 is 17.1 Å². The summed E-state index contributed by atoms with van der Waals surface area (Å²) in [6.45, 7) is 0. The number of fused-ring (bicyclic) bond motifs is 1. The number of hydrogen-bond acceptors (Lipinski definition) is 6. The SMILES string of the molecule is COc1ccc(NC(=O)Cc2n[nH]c(=O)c3cc(-c4ccccc4)nn23)cc1OC. The molecule has 0 radical (unpaired) electrons. The molecule has 0 saturated carbocycles. The van der Waals surface area contributed by atoms with Gasteiger partial charge in [-0.1, -0.05) is 30.3 Å². The van der Waals surface area contributed by atoms with Gasteiger partial charge in [0.2, 0.25) is 5.91 Å². The van der Waals surface area contributed by atoms with Crippen LogP contribution in [0.5, 0.6) is 11.5 Å². The molecule has 0 bridgehead atoms. The Labute approximate surface area is 171 Å². The normalized spacial score (nSPS) is 10.7. The summed E-state index contributed by atoms with van der Waals surface area (Å²) in [5, 5.41) is 13.7. The van der Waals surface area contributed by atoms with Gasteiger partial charge in [-0.25, -0.2) is 9.61 Å². The van der Waals surface area contributed by atoms with Crippen LogP contribution in [0.15, 0.2) is 59.4 Å². The predicted molar refractivity (Wildman–Crippen MR) is 111 cm³/mol. The maximum atomic E-state index is 12.6. The number of H-pyrrole nitrogens is 1. The number of carbonyl (C=O) groups excluding carboxylic acids is 1. The van der Waals surface area contributed by atoms with Crippen molar-refractivity contribution in [1.29, 1.82) is 0 Å². The predicted octanol–water partition coefficient (Wildman–Crippen LogP) is 2.28. The molecule has 0 saturated heterocycles. The Morgan fingerprint density at radius 2 is 1.83 bits per heavy atom. The second-order valence-electron chi connectivity index (χ2n) is 6.46. The fourth-order valence-corrected chi connectivity index (χ4v) is 3.09. The van der Waals surface area contributed by atoms with Gasteiger partial charge < -0.3 is 14.8 Å². The largest absolute Gasteiger partial charge is 0.493 e. The lowest BCUT2D eigenvalue weighted by molar-refractivity contribution is -0.115. The molecule has 0 aliphatic carbocycles. The van der Waals surface area contributed by atoms with E-state index < -0.39 is 0 Å². The molecule has 30 heavy (non-hydrogen) atoms. The van der Waals surface area contributed by atoms with Gasteiger partial charge in [-0.05, 0) is 18.2 Å². The number of hydrogen-bond donors (Lipinski definition) is 2. The minimum atomic E-state index is -0.381. The third kappa shape index (κ3) is 3.72. The summed E-state index contributed by atoms with van der Waals surface area (Å²) in [6.07, 6.45) is -0.0858. The molecule has 0 atom stereocenters. The van der Waals surface area contributed by atoms with Crippen LogP contribution in [0.2, 0.25) is 0 Å². The molecule has 9 heteroatoms. The van der Waals surface area contributed by atoms with Crippen LogP contribution in [0.3, 0.4) is 0 Å². The summed E-state index contributed by atoms with van der Waals surface area (Å²) >= 11 is 0. The lowest BCUT2D eigenvalue weighted by Gasteiger charge is -2.10. The Morgan fingerprint density at radius 3 is 2.57 bits per heavy atom. The number of methoxy groups -OCH3 is 2. The first-order valence-electron chi connectivity index (χ1n) is 9.13. The molecule has 0 spiro atoms. The first-order valence-corrected chi connectivity index (χ1v) is 9.13. The van der Waals surface area contributed by atoms with Crippen LogP contribution in [-0.2, 0) is 11.2 Å². The molecular weight excluding hydrogens is 386 g/mol. The topological polar surface area (TPSA) is 111 Å². The van der Waals surface area contributed by atoms with Gasteiger partial charge in [-0.15, -0.1) is 0 Å². The van der Waals surface area contributed by atoms with Gasteiger partial charge in [0, 0.05) is 17.3 Å². The second kappa shape index (κ2) is 8.08. The fourth-order valence-electron chi connectivity index (χ4n) is 3.09. The number of anilines is 1. The van der Waals surface area contributed by atoms with E-state index in [1.165, 1.54) is 18.7 Å². The number of aromatic amines is 1. The van der Waals surface area contributed by atoms with Gasteiger partial charge in [0.05, 0.1) is 26.3 Å². The third-order valence-electron chi connectivity index (χ3n) is 4.53. The third-order valence-corrected chi connectivity index (χ3v) is 4.53. The van der Waals surface area contributed by atoms with Crippen LogP contribution in [0.1, 0.15) is 5.82 Å². The summed E-state index contributed by atoms with van der Waals surface area (Å²) in [6, 6.07) is 16.2.